The summed E-state index contributed by atoms with van der Waals surface area (Å²) in [5.41, 5.74) is 3.42. The van der Waals surface area contributed by atoms with Crippen LogP contribution in [0, 0.1) is 13.8 Å². The maximum atomic E-state index is 12.5. The van der Waals surface area contributed by atoms with Crippen LogP contribution in [0.1, 0.15) is 54.9 Å². The van der Waals surface area contributed by atoms with Crippen LogP contribution < -0.4 is 10.9 Å². The van der Waals surface area contributed by atoms with E-state index in [1.807, 2.05) is 39.0 Å². The zero-order valence-corrected chi connectivity index (χ0v) is 16.8. The molecule has 3 heterocycles. The van der Waals surface area contributed by atoms with Gasteiger partial charge in [0.25, 0.3) is 5.56 Å². The fraction of sp³-hybridized carbons (Fsp3) is 0.350. The SMILES string of the molecule is Cc1sc2nc([C@H](C)Nc3ccc4oc(C(C)C)nc4c3)[nH]c(=O)c2c1C. The number of aryl methyl sites for hydroxylation is 2. The molecule has 0 unspecified atom stereocenters. The molecule has 6 nitrogen and oxygen atoms in total. The number of hydrogen-bond acceptors (Lipinski definition) is 6. The van der Waals surface area contributed by atoms with Gasteiger partial charge in [0.05, 0.1) is 11.4 Å². The first kappa shape index (κ1) is 17.7. The minimum Gasteiger partial charge on any atom is -0.440 e. The van der Waals surface area contributed by atoms with E-state index in [-0.39, 0.29) is 17.5 Å². The predicted molar refractivity (Wildman–Crippen MR) is 110 cm³/mol. The number of hydrogen-bond donors (Lipinski definition) is 2. The molecule has 1 atom stereocenters. The van der Waals surface area contributed by atoms with Gasteiger partial charge in [-0.2, -0.15) is 0 Å². The molecule has 3 aromatic heterocycles. The lowest BCUT2D eigenvalue weighted by atomic mass is 10.2. The van der Waals surface area contributed by atoms with Crippen LogP contribution in [0.4, 0.5) is 5.69 Å². The topological polar surface area (TPSA) is 83.8 Å². The maximum absolute atomic E-state index is 12.5. The standard InChI is InChI=1S/C20H22N4O2S/c1-9(2)19-22-14-8-13(6-7-15(14)26-19)21-11(4)17-23-18(25)16-10(3)12(5)27-20(16)24-17/h6-9,11,21H,1-5H3,(H,23,24,25)/t11-/m0/s1. The third-order valence-corrected chi connectivity index (χ3v) is 5.85. The molecule has 140 valence electrons. The molecule has 0 aliphatic rings. The van der Waals surface area contributed by atoms with E-state index in [1.165, 1.54) is 0 Å². The number of aromatic amines is 1. The van der Waals surface area contributed by atoms with Crippen LogP contribution in [0.5, 0.6) is 0 Å². The van der Waals surface area contributed by atoms with Gasteiger partial charge in [-0.05, 0) is 44.5 Å². The van der Waals surface area contributed by atoms with Crippen molar-refractivity contribution in [3.8, 4) is 0 Å². The second-order valence-electron chi connectivity index (χ2n) is 7.17. The van der Waals surface area contributed by atoms with E-state index in [0.29, 0.717) is 11.2 Å². The molecule has 4 aromatic rings. The Morgan fingerprint density at radius 1 is 1.19 bits per heavy atom. The fourth-order valence-corrected chi connectivity index (χ4v) is 4.11. The summed E-state index contributed by atoms with van der Waals surface area (Å²) in [5, 5.41) is 4.09. The number of nitrogens with one attached hydrogen (secondary N) is 2. The van der Waals surface area contributed by atoms with Gasteiger partial charge in [-0.25, -0.2) is 9.97 Å². The van der Waals surface area contributed by atoms with Crippen LogP contribution >= 0.6 is 11.3 Å². The summed E-state index contributed by atoms with van der Waals surface area (Å²) in [6.07, 6.45) is 0. The highest BCUT2D eigenvalue weighted by molar-refractivity contribution is 7.18. The fourth-order valence-electron chi connectivity index (χ4n) is 3.08. The number of anilines is 1. The third-order valence-electron chi connectivity index (χ3n) is 4.75. The number of aromatic nitrogens is 3. The van der Waals surface area contributed by atoms with Crippen molar-refractivity contribution in [3.63, 3.8) is 0 Å². The lowest BCUT2D eigenvalue weighted by molar-refractivity contribution is 0.501. The van der Waals surface area contributed by atoms with Gasteiger partial charge >= 0.3 is 0 Å². The molecular weight excluding hydrogens is 360 g/mol. The third kappa shape index (κ3) is 3.12. The molecule has 0 spiro atoms. The first-order valence-corrected chi connectivity index (χ1v) is 9.82. The van der Waals surface area contributed by atoms with Crippen molar-refractivity contribution in [2.24, 2.45) is 0 Å². The zero-order chi connectivity index (χ0) is 19.3. The highest BCUT2D eigenvalue weighted by Crippen LogP contribution is 2.28. The van der Waals surface area contributed by atoms with Crippen molar-refractivity contribution >= 4 is 38.3 Å². The van der Waals surface area contributed by atoms with Crippen molar-refractivity contribution < 1.29 is 4.42 Å². The Morgan fingerprint density at radius 2 is 1.96 bits per heavy atom. The summed E-state index contributed by atoms with van der Waals surface area (Å²) in [6, 6.07) is 5.66. The summed E-state index contributed by atoms with van der Waals surface area (Å²) in [6.45, 7) is 10.1. The molecule has 0 aliphatic heterocycles. The summed E-state index contributed by atoms with van der Waals surface area (Å²) >= 11 is 1.56. The Balaban J connectivity index is 1.65. The van der Waals surface area contributed by atoms with Crippen molar-refractivity contribution in [1.29, 1.82) is 0 Å². The van der Waals surface area contributed by atoms with Crippen molar-refractivity contribution in [3.05, 3.63) is 50.7 Å². The minimum atomic E-state index is -0.154. The molecule has 0 aliphatic carbocycles. The molecule has 0 saturated carbocycles. The van der Waals surface area contributed by atoms with Crippen LogP contribution in [0.25, 0.3) is 21.3 Å². The Morgan fingerprint density at radius 3 is 2.70 bits per heavy atom. The van der Waals surface area contributed by atoms with Gasteiger partial charge in [-0.3, -0.25) is 4.79 Å². The molecule has 7 heteroatoms. The second-order valence-corrected chi connectivity index (χ2v) is 8.37. The lowest BCUT2D eigenvalue weighted by Gasteiger charge is -2.14. The molecular formula is C20H22N4O2S. The number of thiophene rings is 1. The number of fused-ring (bicyclic) bond motifs is 2. The maximum Gasteiger partial charge on any atom is 0.259 e. The van der Waals surface area contributed by atoms with E-state index in [2.05, 4.69) is 34.1 Å². The van der Waals surface area contributed by atoms with E-state index in [1.54, 1.807) is 11.3 Å². The summed E-state index contributed by atoms with van der Waals surface area (Å²) in [5.74, 6) is 1.60. The number of nitrogens with zero attached hydrogens (tertiary/aromatic N) is 2. The van der Waals surface area contributed by atoms with Crippen LogP contribution in [0.3, 0.4) is 0 Å². The molecule has 0 bridgehead atoms. The van der Waals surface area contributed by atoms with Crippen LogP contribution in [0.2, 0.25) is 0 Å². The van der Waals surface area contributed by atoms with E-state index >= 15 is 0 Å². The van der Waals surface area contributed by atoms with E-state index in [9.17, 15) is 4.79 Å². The normalized spacial score (nSPS) is 13.0. The van der Waals surface area contributed by atoms with Gasteiger partial charge in [0.15, 0.2) is 11.5 Å². The van der Waals surface area contributed by atoms with E-state index in [0.717, 1.165) is 37.9 Å². The molecule has 0 radical (unpaired) electrons. The van der Waals surface area contributed by atoms with Gasteiger partial charge in [0.2, 0.25) is 0 Å². The molecule has 1 aromatic carbocycles. The Kier molecular flexibility index (Phi) is 4.26. The number of H-pyrrole nitrogens is 1. The van der Waals surface area contributed by atoms with Gasteiger partial charge in [-0.15, -0.1) is 11.3 Å². The molecule has 2 N–H and O–H groups in total. The minimum absolute atomic E-state index is 0.0842. The Bertz CT molecular complexity index is 1200. The lowest BCUT2D eigenvalue weighted by Crippen LogP contribution is -2.17. The van der Waals surface area contributed by atoms with Crippen molar-refractivity contribution in [1.82, 2.24) is 15.0 Å². The van der Waals surface area contributed by atoms with Gasteiger partial charge in [0, 0.05) is 16.5 Å². The second kappa shape index (κ2) is 6.49. The van der Waals surface area contributed by atoms with Crippen LogP contribution in [0.15, 0.2) is 27.4 Å². The van der Waals surface area contributed by atoms with E-state index < -0.39 is 0 Å². The smallest absolute Gasteiger partial charge is 0.259 e. The largest absolute Gasteiger partial charge is 0.440 e. The summed E-state index contributed by atoms with van der Waals surface area (Å²) in [7, 11) is 0. The average Bonchev–Trinajstić information content (AvgIpc) is 3.16. The average molecular weight is 382 g/mol. The van der Waals surface area contributed by atoms with Gasteiger partial charge in [0.1, 0.15) is 16.2 Å². The molecule has 0 saturated heterocycles. The summed E-state index contributed by atoms with van der Waals surface area (Å²) < 4.78 is 5.75. The molecule has 0 fully saturated rings. The zero-order valence-electron chi connectivity index (χ0n) is 16.0. The molecule has 0 amide bonds. The number of oxazole rings is 1. The van der Waals surface area contributed by atoms with Gasteiger partial charge < -0.3 is 14.7 Å². The number of benzene rings is 1. The predicted octanol–water partition coefficient (Wildman–Crippen LogP) is 5.04. The number of rotatable bonds is 4. The van der Waals surface area contributed by atoms with E-state index in [4.69, 9.17) is 4.42 Å². The highest BCUT2D eigenvalue weighted by atomic mass is 32.1. The Labute approximate surface area is 160 Å². The van der Waals surface area contributed by atoms with Crippen molar-refractivity contribution in [2.45, 2.75) is 46.6 Å². The van der Waals surface area contributed by atoms with Crippen molar-refractivity contribution in [2.75, 3.05) is 5.32 Å². The molecule has 27 heavy (non-hydrogen) atoms. The highest BCUT2D eigenvalue weighted by Gasteiger charge is 2.16. The summed E-state index contributed by atoms with van der Waals surface area (Å²) in [4.78, 5) is 26.5. The van der Waals surface area contributed by atoms with Crippen LogP contribution in [-0.4, -0.2) is 15.0 Å². The first-order chi connectivity index (χ1) is 12.8. The first-order valence-electron chi connectivity index (χ1n) is 9.00. The molecule has 4 rings (SSSR count). The monoisotopic (exact) mass is 382 g/mol. The van der Waals surface area contributed by atoms with Gasteiger partial charge in [-0.1, -0.05) is 13.8 Å². The quantitative estimate of drug-likeness (QED) is 0.517. The van der Waals surface area contributed by atoms with Crippen LogP contribution in [-0.2, 0) is 0 Å². The Hall–Kier alpha value is -2.67.